The molecule has 0 aromatic rings. The largest absolute Gasteiger partial charge is 0.511 e. The Morgan fingerprint density at radius 2 is 2.11 bits per heavy atom. The van der Waals surface area contributed by atoms with Crippen LogP contribution in [0.5, 0.6) is 0 Å². The number of nitrogens with one attached hydrogen (secondary N) is 1. The van der Waals surface area contributed by atoms with Gasteiger partial charge in [-0.1, -0.05) is 27.2 Å². The number of aliphatic hydroxyl groups excluding tert-OH is 1. The van der Waals surface area contributed by atoms with Crippen LogP contribution in [0.4, 0.5) is 0 Å². The topological polar surface area (TPSA) is 87.4 Å². The van der Waals surface area contributed by atoms with Crippen molar-refractivity contribution in [3.8, 4) is 0 Å². The lowest BCUT2D eigenvalue weighted by Gasteiger charge is -2.36. The van der Waals surface area contributed by atoms with Crippen LogP contribution in [0.3, 0.4) is 0 Å². The van der Waals surface area contributed by atoms with Gasteiger partial charge in [-0.25, -0.2) is 0 Å². The normalized spacial score (nSPS) is 22.3. The number of carbonyl (C=O) groups is 2. The van der Waals surface area contributed by atoms with E-state index in [0.29, 0.717) is 12.8 Å². The van der Waals surface area contributed by atoms with Crippen LogP contribution in [0.1, 0.15) is 40.0 Å². The summed E-state index contributed by atoms with van der Waals surface area (Å²) in [6, 6.07) is 0. The second kappa shape index (κ2) is 5.55. The van der Waals surface area contributed by atoms with Gasteiger partial charge < -0.3 is 15.3 Å². The van der Waals surface area contributed by atoms with Gasteiger partial charge in [0.25, 0.3) is 0 Å². The van der Waals surface area contributed by atoms with Gasteiger partial charge >= 0.3 is 5.97 Å². The van der Waals surface area contributed by atoms with Gasteiger partial charge in [-0.05, 0) is 11.8 Å². The van der Waals surface area contributed by atoms with Crippen molar-refractivity contribution in [3.05, 3.63) is 11.3 Å². The van der Waals surface area contributed by atoms with Crippen molar-refractivity contribution in [1.29, 1.82) is 5.41 Å². The van der Waals surface area contributed by atoms with Gasteiger partial charge in [0.05, 0.1) is 12.7 Å². The molecule has 0 heterocycles. The molecular formula is C14H21NO4. The maximum absolute atomic E-state index is 12.1. The van der Waals surface area contributed by atoms with Crippen molar-refractivity contribution >= 4 is 17.5 Å². The summed E-state index contributed by atoms with van der Waals surface area (Å²) in [6.07, 6.45) is 1.23. The number of Topliss-reactive ketones (excluding diaryl/α,β-unsaturated/α-hetero) is 1. The number of ether oxygens (including phenoxy) is 1. The minimum Gasteiger partial charge on any atom is -0.511 e. The molecule has 0 amide bonds. The minimum atomic E-state index is -0.887. The van der Waals surface area contributed by atoms with Crippen molar-refractivity contribution < 1.29 is 19.4 Å². The maximum atomic E-state index is 12.1. The van der Waals surface area contributed by atoms with E-state index in [9.17, 15) is 14.7 Å². The zero-order valence-corrected chi connectivity index (χ0v) is 11.9. The van der Waals surface area contributed by atoms with Crippen molar-refractivity contribution in [1.82, 2.24) is 0 Å². The van der Waals surface area contributed by atoms with Crippen molar-refractivity contribution in [2.45, 2.75) is 40.0 Å². The van der Waals surface area contributed by atoms with Crippen LogP contribution in [-0.4, -0.2) is 29.7 Å². The molecule has 0 aromatic heterocycles. The van der Waals surface area contributed by atoms with Crippen LogP contribution in [0, 0.1) is 16.7 Å². The molecule has 106 valence electrons. The number of carbonyl (C=O) groups excluding carboxylic acids is 2. The molecule has 0 aliphatic heterocycles. The van der Waals surface area contributed by atoms with Gasteiger partial charge in [0.2, 0.25) is 0 Å². The third-order valence-electron chi connectivity index (χ3n) is 3.44. The van der Waals surface area contributed by atoms with Crippen LogP contribution in [-0.2, 0) is 14.3 Å². The highest BCUT2D eigenvalue weighted by molar-refractivity contribution is 6.22. The number of esters is 1. The lowest BCUT2D eigenvalue weighted by atomic mass is 9.67. The van der Waals surface area contributed by atoms with Crippen LogP contribution in [0.25, 0.3) is 0 Å². The summed E-state index contributed by atoms with van der Waals surface area (Å²) >= 11 is 0. The van der Waals surface area contributed by atoms with E-state index < -0.39 is 17.3 Å². The Bertz CT molecular complexity index is 448. The molecule has 1 atom stereocenters. The average molecular weight is 267 g/mol. The van der Waals surface area contributed by atoms with Gasteiger partial charge in [0.15, 0.2) is 5.78 Å². The summed E-state index contributed by atoms with van der Waals surface area (Å²) in [6.45, 7) is 5.37. The number of methoxy groups -OCH3 is 1. The molecule has 0 radical (unpaired) electrons. The molecule has 1 aliphatic rings. The fraction of sp³-hybridized carbons (Fsp3) is 0.643. The Balaban J connectivity index is 3.31. The van der Waals surface area contributed by atoms with Gasteiger partial charge in [0.1, 0.15) is 11.7 Å². The second-order valence-corrected chi connectivity index (χ2v) is 5.53. The van der Waals surface area contributed by atoms with Crippen LogP contribution < -0.4 is 0 Å². The van der Waals surface area contributed by atoms with Gasteiger partial charge in [-0.3, -0.25) is 9.59 Å². The Morgan fingerprint density at radius 3 is 2.58 bits per heavy atom. The lowest BCUT2D eigenvalue weighted by molar-refractivity contribution is -0.150. The van der Waals surface area contributed by atoms with Gasteiger partial charge in [-0.2, -0.15) is 0 Å². The quantitative estimate of drug-likeness (QED) is 0.604. The molecule has 2 N–H and O–H groups in total. The Labute approximate surface area is 113 Å². The van der Waals surface area contributed by atoms with Crippen molar-refractivity contribution in [2.24, 2.45) is 11.3 Å². The predicted molar refractivity (Wildman–Crippen MR) is 71.2 cm³/mol. The third-order valence-corrected chi connectivity index (χ3v) is 3.44. The van der Waals surface area contributed by atoms with E-state index in [1.807, 2.05) is 6.92 Å². The number of ketones is 1. The first-order chi connectivity index (χ1) is 8.76. The summed E-state index contributed by atoms with van der Waals surface area (Å²) in [5.41, 5.74) is -0.615. The van der Waals surface area contributed by atoms with E-state index in [1.54, 1.807) is 13.8 Å². The van der Waals surface area contributed by atoms with Crippen LogP contribution in [0.15, 0.2) is 11.3 Å². The number of hydrogen-bond acceptors (Lipinski definition) is 5. The Hall–Kier alpha value is -1.65. The summed E-state index contributed by atoms with van der Waals surface area (Å²) < 4.78 is 4.70. The van der Waals surface area contributed by atoms with Gasteiger partial charge in [0, 0.05) is 12.1 Å². The molecule has 1 aliphatic carbocycles. The highest BCUT2D eigenvalue weighted by Crippen LogP contribution is 2.42. The summed E-state index contributed by atoms with van der Waals surface area (Å²) in [5.74, 6) is -2.05. The molecule has 19 heavy (non-hydrogen) atoms. The zero-order chi connectivity index (χ0) is 14.8. The highest BCUT2D eigenvalue weighted by Gasteiger charge is 2.47. The number of aliphatic hydroxyl groups is 1. The molecule has 1 rings (SSSR count). The first kappa shape index (κ1) is 15.4. The van der Waals surface area contributed by atoms with Crippen molar-refractivity contribution in [3.63, 3.8) is 0 Å². The van der Waals surface area contributed by atoms with Crippen LogP contribution in [0.2, 0.25) is 0 Å². The lowest BCUT2D eigenvalue weighted by Crippen LogP contribution is -2.41. The Kier molecular flexibility index (Phi) is 4.50. The summed E-state index contributed by atoms with van der Waals surface area (Å²) in [5, 5.41) is 18.1. The molecule has 0 aromatic carbocycles. The molecule has 0 fully saturated rings. The van der Waals surface area contributed by atoms with E-state index in [0.717, 1.165) is 0 Å². The molecule has 0 spiro atoms. The standard InChI is InChI=1S/C14H21NO4/c1-5-6-8(15)10-9(16)7-14(2,3)11(12(10)17)13(18)19-4/h11,15,17H,5-7H2,1-4H3/t11-/m0/s1. The van der Waals surface area contributed by atoms with E-state index in [4.69, 9.17) is 10.1 Å². The van der Waals surface area contributed by atoms with Gasteiger partial charge in [-0.15, -0.1) is 0 Å². The first-order valence-corrected chi connectivity index (χ1v) is 6.38. The molecule has 0 unspecified atom stereocenters. The second-order valence-electron chi connectivity index (χ2n) is 5.53. The molecule has 5 nitrogen and oxygen atoms in total. The summed E-state index contributed by atoms with van der Waals surface area (Å²) in [4.78, 5) is 23.9. The molecule has 5 heteroatoms. The van der Waals surface area contributed by atoms with Crippen molar-refractivity contribution in [2.75, 3.05) is 7.11 Å². The predicted octanol–water partition coefficient (Wildman–Crippen LogP) is 2.41. The summed E-state index contributed by atoms with van der Waals surface area (Å²) in [7, 11) is 1.25. The SMILES string of the molecule is CCCC(=N)C1=C(O)[C@@H](C(=O)OC)C(C)(C)CC1=O. The monoisotopic (exact) mass is 267 g/mol. The van der Waals surface area contributed by atoms with Crippen LogP contribution >= 0.6 is 0 Å². The number of rotatable bonds is 4. The smallest absolute Gasteiger partial charge is 0.316 e. The molecular weight excluding hydrogens is 246 g/mol. The zero-order valence-electron chi connectivity index (χ0n) is 11.9. The third kappa shape index (κ3) is 2.85. The molecule has 0 saturated heterocycles. The highest BCUT2D eigenvalue weighted by atomic mass is 16.5. The van der Waals surface area contributed by atoms with E-state index in [2.05, 4.69) is 0 Å². The molecule has 0 bridgehead atoms. The number of hydrogen-bond donors (Lipinski definition) is 2. The molecule has 0 saturated carbocycles. The maximum Gasteiger partial charge on any atom is 0.316 e. The first-order valence-electron chi connectivity index (χ1n) is 6.38. The van der Waals surface area contributed by atoms with E-state index >= 15 is 0 Å². The van der Waals surface area contributed by atoms with E-state index in [-0.39, 0.29) is 29.2 Å². The Morgan fingerprint density at radius 1 is 1.53 bits per heavy atom. The van der Waals surface area contributed by atoms with E-state index in [1.165, 1.54) is 7.11 Å². The fourth-order valence-corrected chi connectivity index (χ4v) is 2.51. The number of allylic oxidation sites excluding steroid dienone is 1. The minimum absolute atomic E-state index is 0.00317. The average Bonchev–Trinajstić information content (AvgIpc) is 2.26. The fourth-order valence-electron chi connectivity index (χ4n) is 2.51.